The smallest absolute Gasteiger partial charge is 0.352 e. The summed E-state index contributed by atoms with van der Waals surface area (Å²) < 4.78 is 65.8. The lowest BCUT2D eigenvalue weighted by molar-refractivity contribution is -0.137. The van der Waals surface area contributed by atoms with Gasteiger partial charge in [0, 0.05) is 30.0 Å². The molecule has 1 aromatic heterocycles. The molecule has 1 saturated carbocycles. The molecule has 2 N–H and O–H groups in total. The summed E-state index contributed by atoms with van der Waals surface area (Å²) in [4.78, 5) is 28.9. The monoisotopic (exact) mass is 514 g/mol. The minimum atomic E-state index is -4.59. The molecule has 1 aliphatic carbocycles. The minimum absolute atomic E-state index is 0.0543. The molecular weight excluding hydrogens is 485 g/mol. The fraction of sp³-hybridized carbons (Fsp3) is 0.522. The van der Waals surface area contributed by atoms with Gasteiger partial charge in [-0.25, -0.2) is 13.4 Å². The van der Waals surface area contributed by atoms with Crippen molar-refractivity contribution in [2.45, 2.75) is 56.6 Å². The fourth-order valence-corrected chi connectivity index (χ4v) is 5.57. The molecule has 12 heteroatoms. The van der Waals surface area contributed by atoms with Crippen LogP contribution >= 0.6 is 0 Å². The summed E-state index contributed by atoms with van der Waals surface area (Å²) in [5, 5.41) is 4.59. The molecule has 0 radical (unpaired) electrons. The number of rotatable bonds is 8. The van der Waals surface area contributed by atoms with Crippen molar-refractivity contribution in [1.29, 1.82) is 0 Å². The molecule has 0 aliphatic heterocycles. The van der Waals surface area contributed by atoms with E-state index in [1.807, 2.05) is 10.8 Å². The van der Waals surface area contributed by atoms with E-state index in [9.17, 15) is 31.2 Å². The first-order chi connectivity index (χ1) is 16.4. The molecule has 0 bridgehead atoms. The Kier molecular flexibility index (Phi) is 8.24. The first kappa shape index (κ1) is 26.7. The average Bonchev–Trinajstić information content (AvgIpc) is 3.33. The first-order valence-corrected chi connectivity index (χ1v) is 13.0. The van der Waals surface area contributed by atoms with Gasteiger partial charge >= 0.3 is 6.18 Å². The summed E-state index contributed by atoms with van der Waals surface area (Å²) >= 11 is 0. The molecule has 1 fully saturated rings. The number of imidazole rings is 1. The summed E-state index contributed by atoms with van der Waals surface area (Å²) in [6.45, 7) is 2.78. The predicted molar refractivity (Wildman–Crippen MR) is 123 cm³/mol. The number of hydrogen-bond acceptors (Lipinski definition) is 5. The number of sulfone groups is 1. The number of nitrogens with one attached hydrogen (secondary N) is 2. The fourth-order valence-electron chi connectivity index (χ4n) is 4.22. The molecule has 35 heavy (non-hydrogen) atoms. The number of nitrogens with zero attached hydrogens (tertiary/aromatic N) is 2. The molecule has 3 rings (SSSR count). The second-order valence-corrected chi connectivity index (χ2v) is 11.7. The summed E-state index contributed by atoms with van der Waals surface area (Å²) in [6.07, 6.45) is 2.34. The van der Waals surface area contributed by atoms with Crippen LogP contribution in [0.15, 0.2) is 43.0 Å². The quantitative estimate of drug-likeness (QED) is 0.563. The van der Waals surface area contributed by atoms with Crippen LogP contribution in [0.4, 0.5) is 13.2 Å². The van der Waals surface area contributed by atoms with Crippen LogP contribution in [0, 0.1) is 5.92 Å². The van der Waals surface area contributed by atoms with Crippen LogP contribution < -0.4 is 10.6 Å². The summed E-state index contributed by atoms with van der Waals surface area (Å²) in [7, 11) is -3.37. The number of halogens is 3. The van der Waals surface area contributed by atoms with Crippen molar-refractivity contribution in [2.75, 3.05) is 12.3 Å². The van der Waals surface area contributed by atoms with E-state index < -0.39 is 51.2 Å². The van der Waals surface area contributed by atoms with Crippen molar-refractivity contribution in [3.63, 3.8) is 0 Å². The average molecular weight is 515 g/mol. The number of hydrogen-bond donors (Lipinski definition) is 2. The van der Waals surface area contributed by atoms with E-state index in [1.54, 1.807) is 26.4 Å². The van der Waals surface area contributed by atoms with Crippen molar-refractivity contribution in [3.8, 4) is 0 Å². The van der Waals surface area contributed by atoms with E-state index >= 15 is 0 Å². The number of alkyl halides is 3. The van der Waals surface area contributed by atoms with E-state index in [-0.39, 0.29) is 23.3 Å². The van der Waals surface area contributed by atoms with Gasteiger partial charge in [-0.2, -0.15) is 13.2 Å². The van der Waals surface area contributed by atoms with E-state index in [1.165, 1.54) is 6.07 Å². The van der Waals surface area contributed by atoms with E-state index in [0.717, 1.165) is 18.2 Å². The molecule has 0 saturated heterocycles. The molecule has 8 nitrogen and oxygen atoms in total. The van der Waals surface area contributed by atoms with Gasteiger partial charge in [-0.1, -0.05) is 6.07 Å². The number of carbonyl (C=O) groups excluding carboxylic acids is 2. The normalized spacial score (nSPS) is 21.0. The predicted octanol–water partition coefficient (Wildman–Crippen LogP) is 2.98. The van der Waals surface area contributed by atoms with E-state index in [0.29, 0.717) is 19.3 Å². The Bertz CT molecular complexity index is 1130. The maximum atomic E-state index is 12.9. The van der Waals surface area contributed by atoms with Crippen LogP contribution in [-0.2, 0) is 20.8 Å². The van der Waals surface area contributed by atoms with Gasteiger partial charge in [-0.05, 0) is 57.2 Å². The minimum Gasteiger partial charge on any atom is -0.352 e. The maximum Gasteiger partial charge on any atom is 0.416 e. The molecular formula is C23H29F3N4O4S. The number of amides is 2. The van der Waals surface area contributed by atoms with Gasteiger partial charge < -0.3 is 15.2 Å². The Hall–Kier alpha value is -2.89. The second-order valence-electron chi connectivity index (χ2n) is 9.05. The van der Waals surface area contributed by atoms with Crippen LogP contribution in [0.5, 0.6) is 0 Å². The molecule has 2 aromatic rings. The number of aromatic nitrogens is 2. The Labute approximate surface area is 202 Å². The van der Waals surface area contributed by atoms with Gasteiger partial charge in [0.1, 0.15) is 0 Å². The lowest BCUT2D eigenvalue weighted by Gasteiger charge is -2.37. The number of carbonyl (C=O) groups is 2. The molecule has 2 amide bonds. The molecule has 3 atom stereocenters. The third-order valence-corrected chi connectivity index (χ3v) is 8.60. The zero-order valence-electron chi connectivity index (χ0n) is 19.5. The van der Waals surface area contributed by atoms with Crippen molar-refractivity contribution < 1.29 is 31.2 Å². The second kappa shape index (κ2) is 10.8. The SMILES string of the molecule is CC(C)S(=O)(=O)C[C@@H]1C[C@H](n2ccnc2)CC[C@@H]1NC(=O)CNC(=O)c1cccc(C(F)(F)F)c1. The first-order valence-electron chi connectivity index (χ1n) is 11.3. The van der Waals surface area contributed by atoms with Crippen LogP contribution in [0.3, 0.4) is 0 Å². The van der Waals surface area contributed by atoms with Crippen molar-refractivity contribution in [1.82, 2.24) is 20.2 Å². The van der Waals surface area contributed by atoms with Gasteiger partial charge in [0.15, 0.2) is 9.84 Å². The molecule has 1 heterocycles. The van der Waals surface area contributed by atoms with Gasteiger partial charge in [0.2, 0.25) is 5.91 Å². The highest BCUT2D eigenvalue weighted by Crippen LogP contribution is 2.34. The largest absolute Gasteiger partial charge is 0.416 e. The van der Waals surface area contributed by atoms with Gasteiger partial charge in [-0.3, -0.25) is 9.59 Å². The lowest BCUT2D eigenvalue weighted by atomic mass is 9.82. The summed E-state index contributed by atoms with van der Waals surface area (Å²) in [5.74, 6) is -1.78. The highest BCUT2D eigenvalue weighted by atomic mass is 32.2. The zero-order chi connectivity index (χ0) is 25.8. The maximum absolute atomic E-state index is 12.9. The molecule has 192 valence electrons. The Morgan fingerprint density at radius 2 is 1.97 bits per heavy atom. The van der Waals surface area contributed by atoms with Crippen LogP contribution in [0.1, 0.15) is 55.1 Å². The van der Waals surface area contributed by atoms with Crippen molar-refractivity contribution in [3.05, 3.63) is 54.1 Å². The number of benzene rings is 1. The van der Waals surface area contributed by atoms with Gasteiger partial charge in [0.05, 0.1) is 29.4 Å². The van der Waals surface area contributed by atoms with E-state index in [4.69, 9.17) is 0 Å². The van der Waals surface area contributed by atoms with Crippen LogP contribution in [-0.4, -0.2) is 53.4 Å². The summed E-state index contributed by atoms with van der Waals surface area (Å²) in [5.41, 5.74) is -1.17. The third-order valence-electron chi connectivity index (χ3n) is 6.27. The van der Waals surface area contributed by atoms with Crippen LogP contribution in [0.2, 0.25) is 0 Å². The van der Waals surface area contributed by atoms with Gasteiger partial charge in [0.25, 0.3) is 5.91 Å². The molecule has 1 aliphatic rings. The summed E-state index contributed by atoms with van der Waals surface area (Å²) in [6, 6.07) is 3.56. The molecule has 1 aromatic carbocycles. The standard InChI is InChI=1S/C23H29F3N4O4S/c1-15(2)35(33,34)13-17-11-19(30-9-8-27-14-30)6-7-20(17)29-21(31)12-28-22(32)16-4-3-5-18(10-16)23(24,25)26/h3-5,8-10,14-15,17,19-20H,6-7,11-13H2,1-2H3,(H,28,32)(H,29,31)/t17-,19+,20-/m0/s1. The van der Waals surface area contributed by atoms with Crippen LogP contribution in [0.25, 0.3) is 0 Å². The van der Waals surface area contributed by atoms with Crippen molar-refractivity contribution >= 4 is 21.7 Å². The Morgan fingerprint density at radius 3 is 2.60 bits per heavy atom. The zero-order valence-corrected chi connectivity index (χ0v) is 20.3. The van der Waals surface area contributed by atoms with E-state index in [2.05, 4.69) is 15.6 Å². The van der Waals surface area contributed by atoms with Crippen molar-refractivity contribution in [2.24, 2.45) is 5.92 Å². The highest BCUT2D eigenvalue weighted by Gasteiger charge is 2.36. The Balaban J connectivity index is 1.63. The topological polar surface area (TPSA) is 110 Å². The third kappa shape index (κ3) is 7.06. The van der Waals surface area contributed by atoms with Gasteiger partial charge in [-0.15, -0.1) is 0 Å². The Morgan fingerprint density at radius 1 is 1.23 bits per heavy atom. The highest BCUT2D eigenvalue weighted by molar-refractivity contribution is 7.91. The molecule has 0 unspecified atom stereocenters. The lowest BCUT2D eigenvalue weighted by Crippen LogP contribution is -2.49. The molecule has 0 spiro atoms.